The average Bonchev–Trinajstić information content (AvgIpc) is 3.63. The Hall–Kier alpha value is -2.74. The minimum Gasteiger partial charge on any atom is -0.435 e. The number of amides is 2. The Bertz CT molecular complexity index is 1150. The molecule has 2 amide bonds. The summed E-state index contributed by atoms with van der Waals surface area (Å²) in [5, 5.41) is 7.53. The molecule has 1 spiro atoms. The molecule has 2 fully saturated rings. The highest BCUT2D eigenvalue weighted by Crippen LogP contribution is 2.47. The Balaban J connectivity index is 1.18. The molecule has 2 aromatic rings. The topological polar surface area (TPSA) is 79.8 Å². The second-order valence-electron chi connectivity index (χ2n) is 10.0. The standard InChI is InChI=1S/C27H29BrFN3O3/c1-16(30-25(33)22-15-21(22)18-5-3-2-4-6-18)13-17-9-11-27(12-10-17)24(31-32-26(34)35-27)20-8-7-19(29)14-23(20)28/h2-8,14,16-17,21-22H,9-13,15H2,1H3,(H,30,33)(H,32,34)/t16-,17?,21?,22?,27?/m0/s1. The molecule has 5 rings (SSSR count). The van der Waals surface area contributed by atoms with Gasteiger partial charge in [0, 0.05) is 22.0 Å². The molecule has 2 unspecified atom stereocenters. The van der Waals surface area contributed by atoms with Crippen LogP contribution in [0.2, 0.25) is 0 Å². The molecule has 35 heavy (non-hydrogen) atoms. The molecule has 6 nitrogen and oxygen atoms in total. The molecular weight excluding hydrogens is 513 g/mol. The second kappa shape index (κ2) is 9.72. The van der Waals surface area contributed by atoms with Crippen LogP contribution in [0.3, 0.4) is 0 Å². The van der Waals surface area contributed by atoms with Crippen LogP contribution in [-0.4, -0.2) is 29.4 Å². The molecule has 0 aromatic heterocycles. The maximum atomic E-state index is 13.6. The molecular formula is C27H29BrFN3O3. The summed E-state index contributed by atoms with van der Waals surface area (Å²) in [5.74, 6) is 0.595. The van der Waals surface area contributed by atoms with E-state index < -0.39 is 11.7 Å². The lowest BCUT2D eigenvalue weighted by Crippen LogP contribution is -2.52. The quantitative estimate of drug-likeness (QED) is 0.495. The zero-order valence-electron chi connectivity index (χ0n) is 19.6. The first kappa shape index (κ1) is 24.0. The maximum Gasteiger partial charge on any atom is 0.428 e. The van der Waals surface area contributed by atoms with Crippen LogP contribution < -0.4 is 10.7 Å². The Morgan fingerprint density at radius 3 is 2.71 bits per heavy atom. The number of halogens is 2. The van der Waals surface area contributed by atoms with Crippen molar-refractivity contribution in [2.45, 2.75) is 63.0 Å². The molecule has 0 bridgehead atoms. The fraction of sp³-hybridized carbons (Fsp3) is 0.444. The number of carbonyl (C=O) groups excluding carboxylic acids is 2. The van der Waals surface area contributed by atoms with Crippen molar-refractivity contribution in [1.82, 2.24) is 10.7 Å². The number of hydrogen-bond acceptors (Lipinski definition) is 4. The Morgan fingerprint density at radius 2 is 2.00 bits per heavy atom. The van der Waals surface area contributed by atoms with Crippen LogP contribution in [0, 0.1) is 17.7 Å². The number of nitrogens with zero attached hydrogens (tertiary/aromatic N) is 1. The van der Waals surface area contributed by atoms with Gasteiger partial charge in [0.15, 0.2) is 5.60 Å². The number of hydrazone groups is 1. The third kappa shape index (κ3) is 5.13. The van der Waals surface area contributed by atoms with Gasteiger partial charge in [-0.05, 0) is 81.0 Å². The molecule has 1 heterocycles. The summed E-state index contributed by atoms with van der Waals surface area (Å²) in [6, 6.07) is 14.7. The van der Waals surface area contributed by atoms with E-state index in [0.29, 0.717) is 40.4 Å². The highest BCUT2D eigenvalue weighted by Gasteiger charge is 2.47. The lowest BCUT2D eigenvalue weighted by atomic mass is 9.73. The molecule has 0 radical (unpaired) electrons. The monoisotopic (exact) mass is 541 g/mol. The predicted molar refractivity (Wildman–Crippen MR) is 134 cm³/mol. The third-order valence-electron chi connectivity index (χ3n) is 7.51. The number of rotatable bonds is 6. The molecule has 1 aliphatic heterocycles. The lowest BCUT2D eigenvalue weighted by molar-refractivity contribution is -0.123. The number of carbonyl (C=O) groups is 2. The van der Waals surface area contributed by atoms with E-state index in [1.165, 1.54) is 17.7 Å². The van der Waals surface area contributed by atoms with E-state index >= 15 is 0 Å². The minimum absolute atomic E-state index is 0.0663. The molecule has 3 aliphatic rings. The van der Waals surface area contributed by atoms with Crippen LogP contribution >= 0.6 is 15.9 Å². The first-order valence-electron chi connectivity index (χ1n) is 12.2. The van der Waals surface area contributed by atoms with Gasteiger partial charge in [0.05, 0.1) is 0 Å². The molecule has 2 saturated carbocycles. The molecule has 2 aliphatic carbocycles. The van der Waals surface area contributed by atoms with Gasteiger partial charge in [0.1, 0.15) is 11.5 Å². The maximum absolute atomic E-state index is 13.6. The van der Waals surface area contributed by atoms with Gasteiger partial charge < -0.3 is 10.1 Å². The largest absolute Gasteiger partial charge is 0.435 e. The minimum atomic E-state index is -0.831. The number of ether oxygens (including phenoxy) is 1. The van der Waals surface area contributed by atoms with Crippen molar-refractivity contribution in [2.75, 3.05) is 0 Å². The van der Waals surface area contributed by atoms with E-state index in [4.69, 9.17) is 4.74 Å². The van der Waals surface area contributed by atoms with Crippen LogP contribution in [0.5, 0.6) is 0 Å². The summed E-state index contributed by atoms with van der Waals surface area (Å²) < 4.78 is 20.0. The van der Waals surface area contributed by atoms with Crippen molar-refractivity contribution in [2.24, 2.45) is 16.9 Å². The van der Waals surface area contributed by atoms with Crippen LogP contribution in [0.1, 0.15) is 62.5 Å². The van der Waals surface area contributed by atoms with Crippen molar-refractivity contribution in [3.05, 3.63) is 69.9 Å². The van der Waals surface area contributed by atoms with Crippen LogP contribution in [0.4, 0.5) is 9.18 Å². The summed E-state index contributed by atoms with van der Waals surface area (Å²) in [6.07, 6.45) is 4.19. The van der Waals surface area contributed by atoms with E-state index in [2.05, 4.69) is 50.8 Å². The Labute approximate surface area is 212 Å². The SMILES string of the molecule is C[C@@H](CC1CCC2(CC1)OC(=O)NN=C2c1ccc(F)cc1Br)NC(=O)C1CC1c1ccccc1. The molecule has 2 N–H and O–H groups in total. The normalized spacial score (nSPS) is 28.5. The smallest absolute Gasteiger partial charge is 0.428 e. The van der Waals surface area contributed by atoms with Crippen LogP contribution in [0.25, 0.3) is 0 Å². The van der Waals surface area contributed by atoms with Gasteiger partial charge in [0.25, 0.3) is 0 Å². The third-order valence-corrected chi connectivity index (χ3v) is 8.16. The van der Waals surface area contributed by atoms with Gasteiger partial charge in [-0.25, -0.2) is 14.6 Å². The zero-order chi connectivity index (χ0) is 24.6. The van der Waals surface area contributed by atoms with Crippen molar-refractivity contribution in [1.29, 1.82) is 0 Å². The van der Waals surface area contributed by atoms with Gasteiger partial charge in [0.2, 0.25) is 5.91 Å². The van der Waals surface area contributed by atoms with Gasteiger partial charge in [-0.1, -0.05) is 46.3 Å². The molecule has 184 valence electrons. The summed E-state index contributed by atoms with van der Waals surface area (Å²) in [4.78, 5) is 24.8. The highest BCUT2D eigenvalue weighted by atomic mass is 79.9. The summed E-state index contributed by atoms with van der Waals surface area (Å²) >= 11 is 3.42. The first-order chi connectivity index (χ1) is 16.8. The molecule has 8 heteroatoms. The fourth-order valence-electron chi connectivity index (χ4n) is 5.62. The number of hydrogen-bond donors (Lipinski definition) is 2. The van der Waals surface area contributed by atoms with Crippen molar-refractivity contribution < 1.29 is 18.7 Å². The van der Waals surface area contributed by atoms with Gasteiger partial charge in [-0.2, -0.15) is 5.10 Å². The van der Waals surface area contributed by atoms with Crippen molar-refractivity contribution in [3.8, 4) is 0 Å². The number of benzene rings is 2. The molecule has 2 aromatic carbocycles. The van der Waals surface area contributed by atoms with Gasteiger partial charge >= 0.3 is 6.09 Å². The first-order valence-corrected chi connectivity index (χ1v) is 13.0. The highest BCUT2D eigenvalue weighted by molar-refractivity contribution is 9.10. The summed E-state index contributed by atoms with van der Waals surface area (Å²) in [7, 11) is 0. The molecule has 0 saturated heterocycles. The van der Waals surface area contributed by atoms with Crippen molar-refractivity contribution >= 4 is 33.6 Å². The second-order valence-corrected chi connectivity index (χ2v) is 10.9. The van der Waals surface area contributed by atoms with Crippen molar-refractivity contribution in [3.63, 3.8) is 0 Å². The van der Waals surface area contributed by atoms with Crippen LogP contribution in [0.15, 0.2) is 58.1 Å². The van der Waals surface area contributed by atoms with E-state index in [1.54, 1.807) is 6.07 Å². The summed E-state index contributed by atoms with van der Waals surface area (Å²) in [6.45, 7) is 2.06. The van der Waals surface area contributed by atoms with Gasteiger partial charge in [-0.15, -0.1) is 0 Å². The molecule has 3 atom stereocenters. The van der Waals surface area contributed by atoms with Crippen LogP contribution in [-0.2, 0) is 9.53 Å². The van der Waals surface area contributed by atoms with E-state index in [-0.39, 0.29) is 23.7 Å². The average molecular weight is 542 g/mol. The summed E-state index contributed by atoms with van der Waals surface area (Å²) in [5.41, 5.74) is 4.14. The van der Waals surface area contributed by atoms with Gasteiger partial charge in [-0.3, -0.25) is 4.79 Å². The number of nitrogens with one attached hydrogen (secondary N) is 2. The lowest BCUT2D eigenvalue weighted by Gasteiger charge is -2.42. The zero-order valence-corrected chi connectivity index (χ0v) is 21.2. The fourth-order valence-corrected chi connectivity index (χ4v) is 6.16. The Kier molecular flexibility index (Phi) is 6.66. The van der Waals surface area contributed by atoms with E-state index in [0.717, 1.165) is 25.7 Å². The van der Waals surface area contributed by atoms with E-state index in [1.807, 2.05) is 18.2 Å². The van der Waals surface area contributed by atoms with E-state index in [9.17, 15) is 14.0 Å². The Morgan fingerprint density at radius 1 is 1.26 bits per heavy atom. The predicted octanol–water partition coefficient (Wildman–Crippen LogP) is 5.66.